The summed E-state index contributed by atoms with van der Waals surface area (Å²) in [5.74, 6) is -0.527. The lowest BCUT2D eigenvalue weighted by atomic mass is 10.1. The zero-order valence-corrected chi connectivity index (χ0v) is 10.4. The summed E-state index contributed by atoms with van der Waals surface area (Å²) in [6.45, 7) is 1.13. The molecule has 1 aromatic rings. The maximum Gasteiger partial charge on any atom is 0.337 e. The molecule has 0 aromatic heterocycles. The number of rotatable bonds is 4. The summed E-state index contributed by atoms with van der Waals surface area (Å²) in [6, 6.07) is 4.12. The van der Waals surface area contributed by atoms with E-state index in [4.69, 9.17) is 4.74 Å². The average Bonchev–Trinajstić information content (AvgIpc) is 2.90. The number of anilines is 1. The molecule has 1 heterocycles. The highest BCUT2D eigenvalue weighted by Gasteiger charge is 2.22. The quantitative estimate of drug-likeness (QED) is 0.505. The van der Waals surface area contributed by atoms with Crippen molar-refractivity contribution in [3.63, 3.8) is 0 Å². The molecule has 1 unspecified atom stereocenters. The minimum atomic E-state index is -0.527. The molecule has 1 aliphatic heterocycles. The molecule has 1 saturated heterocycles. The van der Waals surface area contributed by atoms with E-state index >= 15 is 0 Å². The van der Waals surface area contributed by atoms with Crippen molar-refractivity contribution in [3.8, 4) is 0 Å². The van der Waals surface area contributed by atoms with Gasteiger partial charge in [-0.2, -0.15) is 0 Å². The molecule has 7 nitrogen and oxygen atoms in total. The summed E-state index contributed by atoms with van der Waals surface area (Å²) in [7, 11) is 1.27. The number of benzene rings is 1. The molecule has 0 radical (unpaired) electrons. The molecule has 1 aliphatic rings. The summed E-state index contributed by atoms with van der Waals surface area (Å²) >= 11 is 0. The first-order valence-corrected chi connectivity index (χ1v) is 5.83. The lowest BCUT2D eigenvalue weighted by Crippen LogP contribution is -2.20. The van der Waals surface area contributed by atoms with E-state index < -0.39 is 10.9 Å². The zero-order chi connectivity index (χ0) is 13.8. The number of nitro groups is 1. The largest absolute Gasteiger partial charge is 0.465 e. The standard InChI is InChI=1S/C12H14N2O5/c1-18-12(15)8-2-3-11(14(16)17)10(6-8)13-9-4-5-19-7-9/h2-3,6,9,13H,4-5,7H2,1H3. The highest BCUT2D eigenvalue weighted by Crippen LogP contribution is 2.27. The topological polar surface area (TPSA) is 90.7 Å². The van der Waals surface area contributed by atoms with Crippen LogP contribution in [0.15, 0.2) is 18.2 Å². The minimum absolute atomic E-state index is 0.0200. The number of hydrogen-bond donors (Lipinski definition) is 1. The van der Waals surface area contributed by atoms with Gasteiger partial charge in [0.2, 0.25) is 0 Å². The van der Waals surface area contributed by atoms with Gasteiger partial charge in [0.1, 0.15) is 5.69 Å². The highest BCUT2D eigenvalue weighted by molar-refractivity contribution is 5.91. The second-order valence-corrected chi connectivity index (χ2v) is 4.19. The first-order chi connectivity index (χ1) is 9.11. The lowest BCUT2D eigenvalue weighted by molar-refractivity contribution is -0.384. The van der Waals surface area contributed by atoms with Gasteiger partial charge in [0.15, 0.2) is 0 Å². The van der Waals surface area contributed by atoms with Gasteiger partial charge in [-0.3, -0.25) is 10.1 Å². The predicted molar refractivity (Wildman–Crippen MR) is 67.3 cm³/mol. The van der Waals surface area contributed by atoms with Crippen molar-refractivity contribution in [1.82, 2.24) is 0 Å². The van der Waals surface area contributed by atoms with Crippen molar-refractivity contribution in [1.29, 1.82) is 0 Å². The maximum absolute atomic E-state index is 11.4. The van der Waals surface area contributed by atoms with E-state index in [1.54, 1.807) is 0 Å². The van der Waals surface area contributed by atoms with Crippen LogP contribution in [0, 0.1) is 10.1 Å². The Bertz CT molecular complexity index is 497. The number of nitrogens with zero attached hydrogens (tertiary/aromatic N) is 1. The fourth-order valence-corrected chi connectivity index (χ4v) is 1.92. The Labute approximate surface area is 109 Å². The number of carbonyl (C=O) groups excluding carboxylic acids is 1. The lowest BCUT2D eigenvalue weighted by Gasteiger charge is -2.13. The Kier molecular flexibility index (Phi) is 3.96. The van der Waals surface area contributed by atoms with Crippen LogP contribution in [0.3, 0.4) is 0 Å². The molecule has 7 heteroatoms. The normalized spacial score (nSPS) is 18.1. The Morgan fingerprint density at radius 2 is 2.37 bits per heavy atom. The third-order valence-corrected chi connectivity index (χ3v) is 2.90. The van der Waals surface area contributed by atoms with Crippen LogP contribution >= 0.6 is 0 Å². The maximum atomic E-state index is 11.4. The van der Waals surface area contributed by atoms with Crippen molar-refractivity contribution in [2.45, 2.75) is 12.5 Å². The Morgan fingerprint density at radius 1 is 1.58 bits per heavy atom. The van der Waals surface area contributed by atoms with Gasteiger partial charge in [0, 0.05) is 12.7 Å². The van der Waals surface area contributed by atoms with Crippen LogP contribution < -0.4 is 5.32 Å². The monoisotopic (exact) mass is 266 g/mol. The third kappa shape index (κ3) is 3.00. The number of nitrogens with one attached hydrogen (secondary N) is 1. The highest BCUT2D eigenvalue weighted by atomic mass is 16.6. The van der Waals surface area contributed by atoms with Gasteiger partial charge < -0.3 is 14.8 Å². The average molecular weight is 266 g/mol. The van der Waals surface area contributed by atoms with Gasteiger partial charge in [-0.05, 0) is 18.6 Å². The number of ether oxygens (including phenoxy) is 2. The molecule has 1 fully saturated rings. The first kappa shape index (κ1) is 13.3. The van der Waals surface area contributed by atoms with Crippen LogP contribution in [-0.2, 0) is 9.47 Å². The Balaban J connectivity index is 2.29. The van der Waals surface area contributed by atoms with Crippen molar-refractivity contribution < 1.29 is 19.2 Å². The molecule has 1 aromatic carbocycles. The molecule has 0 saturated carbocycles. The number of methoxy groups -OCH3 is 1. The van der Waals surface area contributed by atoms with Crippen molar-refractivity contribution in [2.75, 3.05) is 25.6 Å². The summed E-state index contributed by atoms with van der Waals surface area (Å²) < 4.78 is 9.80. The fourth-order valence-electron chi connectivity index (χ4n) is 1.92. The Morgan fingerprint density at radius 3 is 2.95 bits per heavy atom. The van der Waals surface area contributed by atoms with E-state index in [-0.39, 0.29) is 17.3 Å². The van der Waals surface area contributed by atoms with Gasteiger partial charge in [-0.15, -0.1) is 0 Å². The second-order valence-electron chi connectivity index (χ2n) is 4.19. The second kappa shape index (κ2) is 5.66. The van der Waals surface area contributed by atoms with Gasteiger partial charge in [0.25, 0.3) is 5.69 Å². The summed E-state index contributed by atoms with van der Waals surface area (Å²) in [5.41, 5.74) is 0.512. The van der Waals surface area contributed by atoms with Crippen LogP contribution in [-0.4, -0.2) is 37.3 Å². The molecule has 1 atom stereocenters. The van der Waals surface area contributed by atoms with Crippen molar-refractivity contribution in [3.05, 3.63) is 33.9 Å². The Hall–Kier alpha value is -2.15. The number of hydrogen-bond acceptors (Lipinski definition) is 6. The summed E-state index contributed by atoms with van der Waals surface area (Å²) in [4.78, 5) is 21.9. The molecule has 0 amide bonds. The van der Waals surface area contributed by atoms with Gasteiger partial charge in [-0.1, -0.05) is 0 Å². The number of esters is 1. The van der Waals surface area contributed by atoms with Gasteiger partial charge in [0.05, 0.1) is 30.2 Å². The molecule has 1 N–H and O–H groups in total. The third-order valence-electron chi connectivity index (χ3n) is 2.90. The minimum Gasteiger partial charge on any atom is -0.465 e. The van der Waals surface area contributed by atoms with Gasteiger partial charge >= 0.3 is 5.97 Å². The fraction of sp³-hybridized carbons (Fsp3) is 0.417. The van der Waals surface area contributed by atoms with Crippen LogP contribution in [0.2, 0.25) is 0 Å². The summed E-state index contributed by atoms with van der Waals surface area (Å²) in [5, 5.41) is 14.0. The molecule has 2 rings (SSSR count). The van der Waals surface area contributed by atoms with E-state index in [9.17, 15) is 14.9 Å². The molecule has 19 heavy (non-hydrogen) atoms. The van der Waals surface area contributed by atoms with E-state index in [0.717, 1.165) is 6.42 Å². The van der Waals surface area contributed by atoms with E-state index in [1.165, 1.54) is 25.3 Å². The van der Waals surface area contributed by atoms with E-state index in [0.29, 0.717) is 18.9 Å². The van der Waals surface area contributed by atoms with Crippen LogP contribution in [0.25, 0.3) is 0 Å². The molecule has 0 spiro atoms. The van der Waals surface area contributed by atoms with Crippen LogP contribution in [0.4, 0.5) is 11.4 Å². The van der Waals surface area contributed by atoms with Crippen molar-refractivity contribution >= 4 is 17.3 Å². The predicted octanol–water partition coefficient (Wildman–Crippen LogP) is 1.58. The van der Waals surface area contributed by atoms with Crippen molar-refractivity contribution in [2.24, 2.45) is 0 Å². The van der Waals surface area contributed by atoms with Gasteiger partial charge in [-0.25, -0.2) is 4.79 Å². The first-order valence-electron chi connectivity index (χ1n) is 5.83. The number of carbonyl (C=O) groups is 1. The molecule has 0 aliphatic carbocycles. The van der Waals surface area contributed by atoms with Crippen LogP contribution in [0.5, 0.6) is 0 Å². The molecular weight excluding hydrogens is 252 g/mol. The zero-order valence-electron chi connectivity index (χ0n) is 10.4. The molecule has 102 valence electrons. The van der Waals surface area contributed by atoms with Crippen LogP contribution in [0.1, 0.15) is 16.8 Å². The smallest absolute Gasteiger partial charge is 0.337 e. The number of nitro benzene ring substituents is 1. The van der Waals surface area contributed by atoms with E-state index in [2.05, 4.69) is 10.1 Å². The van der Waals surface area contributed by atoms with E-state index in [1.807, 2.05) is 0 Å². The molecular formula is C12H14N2O5. The SMILES string of the molecule is COC(=O)c1ccc([N+](=O)[O-])c(NC2CCOC2)c1. The molecule has 0 bridgehead atoms. The summed E-state index contributed by atoms with van der Waals surface area (Å²) in [6.07, 6.45) is 0.777.